The number of amides is 1. The van der Waals surface area contributed by atoms with Gasteiger partial charge in [0.05, 0.1) is 5.92 Å². The van der Waals surface area contributed by atoms with Gasteiger partial charge in [-0.05, 0) is 13.5 Å². The maximum atomic E-state index is 11.5. The topological polar surface area (TPSA) is 41.1 Å². The van der Waals surface area contributed by atoms with Crippen molar-refractivity contribution in [2.45, 2.75) is 19.8 Å². The minimum absolute atomic E-state index is 0.106. The summed E-state index contributed by atoms with van der Waals surface area (Å²) in [6.07, 6.45) is 1.99. The molecule has 0 heterocycles. The molecule has 13 heavy (non-hydrogen) atoms. The molecule has 0 aromatic carbocycles. The van der Waals surface area contributed by atoms with Gasteiger partial charge in [0.15, 0.2) is 0 Å². The van der Waals surface area contributed by atoms with Crippen LogP contribution in [0.5, 0.6) is 0 Å². The Morgan fingerprint density at radius 2 is 2.23 bits per heavy atom. The zero-order chi connectivity index (χ0) is 10.1. The van der Waals surface area contributed by atoms with Gasteiger partial charge in [0.2, 0.25) is 5.91 Å². The Kier molecular flexibility index (Phi) is 8.24. The van der Waals surface area contributed by atoms with E-state index in [-0.39, 0.29) is 11.8 Å². The molecule has 78 valence electrons. The normalized spacial score (nSPS) is 12.5. The molecule has 0 radical (unpaired) electrons. The summed E-state index contributed by atoms with van der Waals surface area (Å²) >= 11 is 4.04. The lowest BCUT2D eigenvalue weighted by Crippen LogP contribution is -2.36. The van der Waals surface area contributed by atoms with Crippen LogP contribution in [0.4, 0.5) is 0 Å². The van der Waals surface area contributed by atoms with E-state index in [0.29, 0.717) is 12.3 Å². The van der Waals surface area contributed by atoms with Gasteiger partial charge >= 0.3 is 0 Å². The SMILES string of the molecule is CCCC(CNC)C(=O)NCCS. The van der Waals surface area contributed by atoms with Crippen LogP contribution in [0.2, 0.25) is 0 Å². The van der Waals surface area contributed by atoms with Crippen molar-refractivity contribution in [2.75, 3.05) is 25.9 Å². The highest BCUT2D eigenvalue weighted by Crippen LogP contribution is 2.04. The Labute approximate surface area is 86.1 Å². The second-order valence-corrected chi connectivity index (χ2v) is 3.51. The fourth-order valence-electron chi connectivity index (χ4n) is 1.24. The molecule has 0 rings (SSSR count). The van der Waals surface area contributed by atoms with Crippen LogP contribution in [0.25, 0.3) is 0 Å². The zero-order valence-electron chi connectivity index (χ0n) is 8.47. The lowest BCUT2D eigenvalue weighted by molar-refractivity contribution is -0.124. The van der Waals surface area contributed by atoms with E-state index in [1.807, 2.05) is 7.05 Å². The monoisotopic (exact) mass is 204 g/mol. The summed E-state index contributed by atoms with van der Waals surface area (Å²) in [6.45, 7) is 3.51. The Bertz CT molecular complexity index is 136. The summed E-state index contributed by atoms with van der Waals surface area (Å²) in [7, 11) is 1.87. The van der Waals surface area contributed by atoms with Gasteiger partial charge in [-0.1, -0.05) is 13.3 Å². The first kappa shape index (κ1) is 12.8. The number of hydrogen-bond donors (Lipinski definition) is 3. The molecule has 2 N–H and O–H groups in total. The predicted octanol–water partition coefficient (Wildman–Crippen LogP) is 0.668. The highest BCUT2D eigenvalue weighted by Gasteiger charge is 2.15. The Balaban J connectivity index is 3.80. The highest BCUT2D eigenvalue weighted by molar-refractivity contribution is 7.80. The number of carbonyl (C=O) groups excluding carboxylic acids is 1. The summed E-state index contributed by atoms with van der Waals surface area (Å²) in [5.74, 6) is 0.949. The molecule has 0 bridgehead atoms. The number of thiol groups is 1. The van der Waals surface area contributed by atoms with Gasteiger partial charge in [0.1, 0.15) is 0 Å². The third kappa shape index (κ3) is 5.93. The van der Waals surface area contributed by atoms with E-state index in [2.05, 4.69) is 30.2 Å². The molecule has 1 amide bonds. The van der Waals surface area contributed by atoms with E-state index in [9.17, 15) is 4.79 Å². The van der Waals surface area contributed by atoms with Gasteiger partial charge in [-0.2, -0.15) is 12.6 Å². The van der Waals surface area contributed by atoms with Crippen molar-refractivity contribution in [1.82, 2.24) is 10.6 Å². The van der Waals surface area contributed by atoms with Gasteiger partial charge < -0.3 is 10.6 Å². The van der Waals surface area contributed by atoms with Crippen molar-refractivity contribution in [3.63, 3.8) is 0 Å². The summed E-state index contributed by atoms with van der Waals surface area (Å²) in [5.41, 5.74) is 0. The molecule has 0 aromatic rings. The number of nitrogens with one attached hydrogen (secondary N) is 2. The van der Waals surface area contributed by atoms with E-state index in [0.717, 1.165) is 19.4 Å². The van der Waals surface area contributed by atoms with Crippen LogP contribution in [-0.2, 0) is 4.79 Å². The molecule has 0 aliphatic rings. The van der Waals surface area contributed by atoms with Crippen LogP contribution in [0.1, 0.15) is 19.8 Å². The minimum Gasteiger partial charge on any atom is -0.355 e. The minimum atomic E-state index is 0.106. The van der Waals surface area contributed by atoms with E-state index in [1.54, 1.807) is 0 Å². The van der Waals surface area contributed by atoms with Crippen LogP contribution in [0.3, 0.4) is 0 Å². The molecule has 1 unspecified atom stereocenters. The molecule has 0 saturated heterocycles. The lowest BCUT2D eigenvalue weighted by Gasteiger charge is -2.14. The number of carbonyl (C=O) groups is 1. The predicted molar refractivity (Wildman–Crippen MR) is 59.2 cm³/mol. The fourth-order valence-corrected chi connectivity index (χ4v) is 1.36. The van der Waals surface area contributed by atoms with E-state index < -0.39 is 0 Å². The zero-order valence-corrected chi connectivity index (χ0v) is 9.36. The fraction of sp³-hybridized carbons (Fsp3) is 0.889. The lowest BCUT2D eigenvalue weighted by atomic mass is 10.0. The Hall–Kier alpha value is -0.220. The van der Waals surface area contributed by atoms with Crippen LogP contribution in [0.15, 0.2) is 0 Å². The highest BCUT2D eigenvalue weighted by atomic mass is 32.1. The van der Waals surface area contributed by atoms with Crippen LogP contribution < -0.4 is 10.6 Å². The van der Waals surface area contributed by atoms with Crippen molar-refractivity contribution < 1.29 is 4.79 Å². The summed E-state index contributed by atoms with van der Waals surface area (Å²) in [6, 6.07) is 0. The van der Waals surface area contributed by atoms with Crippen LogP contribution in [-0.4, -0.2) is 31.8 Å². The molecule has 4 heteroatoms. The molecule has 3 nitrogen and oxygen atoms in total. The molecular formula is C9H20N2OS. The summed E-state index contributed by atoms with van der Waals surface area (Å²) < 4.78 is 0. The molecular weight excluding hydrogens is 184 g/mol. The summed E-state index contributed by atoms with van der Waals surface area (Å²) in [5, 5.41) is 5.88. The Morgan fingerprint density at radius 3 is 2.69 bits per heavy atom. The summed E-state index contributed by atoms with van der Waals surface area (Å²) in [4.78, 5) is 11.5. The molecule has 0 saturated carbocycles. The van der Waals surface area contributed by atoms with Crippen molar-refractivity contribution in [3.8, 4) is 0 Å². The van der Waals surface area contributed by atoms with Gasteiger partial charge in [-0.15, -0.1) is 0 Å². The average molecular weight is 204 g/mol. The average Bonchev–Trinajstić information content (AvgIpc) is 2.14. The van der Waals surface area contributed by atoms with Crippen molar-refractivity contribution >= 4 is 18.5 Å². The largest absolute Gasteiger partial charge is 0.355 e. The van der Waals surface area contributed by atoms with Crippen LogP contribution >= 0.6 is 12.6 Å². The number of hydrogen-bond acceptors (Lipinski definition) is 3. The maximum Gasteiger partial charge on any atom is 0.224 e. The van der Waals surface area contributed by atoms with Crippen molar-refractivity contribution in [2.24, 2.45) is 5.92 Å². The Morgan fingerprint density at radius 1 is 1.54 bits per heavy atom. The van der Waals surface area contributed by atoms with Gasteiger partial charge in [-0.3, -0.25) is 4.79 Å². The maximum absolute atomic E-state index is 11.5. The van der Waals surface area contributed by atoms with Gasteiger partial charge in [0, 0.05) is 18.8 Å². The van der Waals surface area contributed by atoms with Gasteiger partial charge in [-0.25, -0.2) is 0 Å². The van der Waals surface area contributed by atoms with Crippen molar-refractivity contribution in [3.05, 3.63) is 0 Å². The van der Waals surface area contributed by atoms with E-state index in [4.69, 9.17) is 0 Å². The molecule has 1 atom stereocenters. The standard InChI is InChI=1S/C9H20N2OS/c1-3-4-8(7-10-2)9(12)11-5-6-13/h8,10,13H,3-7H2,1-2H3,(H,11,12). The molecule has 0 spiro atoms. The first-order valence-electron chi connectivity index (χ1n) is 4.79. The smallest absolute Gasteiger partial charge is 0.224 e. The first-order chi connectivity index (χ1) is 6.26. The van der Waals surface area contributed by atoms with Gasteiger partial charge in [0.25, 0.3) is 0 Å². The second kappa shape index (κ2) is 8.38. The molecule has 0 aliphatic carbocycles. The third-order valence-electron chi connectivity index (χ3n) is 1.87. The number of rotatable bonds is 7. The van der Waals surface area contributed by atoms with E-state index >= 15 is 0 Å². The first-order valence-corrected chi connectivity index (χ1v) is 5.42. The quantitative estimate of drug-likeness (QED) is 0.534. The third-order valence-corrected chi connectivity index (χ3v) is 2.09. The van der Waals surface area contributed by atoms with Crippen molar-refractivity contribution in [1.29, 1.82) is 0 Å². The van der Waals surface area contributed by atoms with E-state index in [1.165, 1.54) is 0 Å². The molecule has 0 fully saturated rings. The second-order valence-electron chi connectivity index (χ2n) is 3.06. The van der Waals surface area contributed by atoms with Crippen LogP contribution in [0, 0.1) is 5.92 Å². The molecule has 0 aromatic heterocycles. The molecule has 0 aliphatic heterocycles.